The number of ether oxygens (including phenoxy) is 1. The van der Waals surface area contributed by atoms with Gasteiger partial charge in [-0.15, -0.1) is 0 Å². The van der Waals surface area contributed by atoms with E-state index < -0.39 is 0 Å². The molecular weight excluding hydrogens is 324 g/mol. The second kappa shape index (κ2) is 7.85. The predicted molar refractivity (Wildman–Crippen MR) is 102 cm³/mol. The lowest BCUT2D eigenvalue weighted by atomic mass is 10.1. The monoisotopic (exact) mass is 344 g/mol. The van der Waals surface area contributed by atoms with E-state index in [0.29, 0.717) is 19.8 Å². The number of aliphatic imine (C=N–C) groups is 1. The van der Waals surface area contributed by atoms with Crippen LogP contribution in [0, 0.1) is 0 Å². The largest absolute Gasteiger partial charge is 0.489 e. The average Bonchev–Trinajstić information content (AvgIpc) is 2.72. The minimum atomic E-state index is 0.520. The Morgan fingerprint density at radius 3 is 2.23 bits per heavy atom. The van der Waals surface area contributed by atoms with Gasteiger partial charge in [0, 0.05) is 5.56 Å². The van der Waals surface area contributed by atoms with E-state index in [0.717, 1.165) is 28.1 Å². The fourth-order valence-corrected chi connectivity index (χ4v) is 2.79. The van der Waals surface area contributed by atoms with E-state index in [-0.39, 0.29) is 0 Å². The number of hydrogen-bond donors (Lipinski definition) is 0. The van der Waals surface area contributed by atoms with Crippen LogP contribution >= 0.6 is 0 Å². The molecule has 0 radical (unpaired) electrons. The van der Waals surface area contributed by atoms with E-state index in [1.54, 1.807) is 11.4 Å². The number of nitrogens with zero attached hydrogens (tertiary/aromatic N) is 2. The zero-order valence-corrected chi connectivity index (χ0v) is 14.4. The summed E-state index contributed by atoms with van der Waals surface area (Å²) < 4.78 is 5.91. The number of benzene rings is 3. The van der Waals surface area contributed by atoms with Crippen LogP contribution in [0.1, 0.15) is 16.7 Å². The molecule has 0 atom stereocenters. The summed E-state index contributed by atoms with van der Waals surface area (Å²) in [5, 5.41) is 1.76. The molecule has 0 saturated heterocycles. The standard InChI is InChI=1S/C22H20N2O2/c1-3-7-18(8-4-1)15-25-21-11-12-22-20(13-21)14-24(17-23-22)26-16-19-9-5-2-6-10-19/h1-13,17H,14-16H2. The first-order valence-corrected chi connectivity index (χ1v) is 8.64. The van der Waals surface area contributed by atoms with Crippen LogP contribution in [0.25, 0.3) is 0 Å². The van der Waals surface area contributed by atoms with Crippen molar-refractivity contribution in [2.45, 2.75) is 19.8 Å². The predicted octanol–water partition coefficient (Wildman–Crippen LogP) is 4.87. The van der Waals surface area contributed by atoms with Crippen LogP contribution in [0.5, 0.6) is 5.75 Å². The summed E-state index contributed by atoms with van der Waals surface area (Å²) in [6.07, 6.45) is 1.73. The highest BCUT2D eigenvalue weighted by Gasteiger charge is 2.13. The minimum Gasteiger partial charge on any atom is -0.489 e. The normalized spacial score (nSPS) is 12.7. The molecule has 0 aliphatic carbocycles. The van der Waals surface area contributed by atoms with Gasteiger partial charge in [0.15, 0.2) is 0 Å². The Hall–Kier alpha value is -3.11. The third kappa shape index (κ3) is 4.10. The summed E-state index contributed by atoms with van der Waals surface area (Å²) >= 11 is 0. The molecule has 1 heterocycles. The lowest BCUT2D eigenvalue weighted by molar-refractivity contribution is -0.114. The molecule has 3 aromatic carbocycles. The van der Waals surface area contributed by atoms with Crippen LogP contribution in [0.2, 0.25) is 0 Å². The SMILES string of the molecule is C1=Nc2ccc(OCc3ccccc3)cc2CN1OCc1ccccc1. The first kappa shape index (κ1) is 16.4. The van der Waals surface area contributed by atoms with Gasteiger partial charge in [0.25, 0.3) is 0 Å². The zero-order chi connectivity index (χ0) is 17.6. The Kier molecular flexibility index (Phi) is 4.94. The second-order valence-electron chi connectivity index (χ2n) is 6.14. The molecule has 130 valence electrons. The first-order chi connectivity index (χ1) is 12.9. The molecule has 1 aliphatic heterocycles. The molecule has 1 aliphatic rings. The Bertz CT molecular complexity index is 879. The third-order valence-corrected chi connectivity index (χ3v) is 4.19. The van der Waals surface area contributed by atoms with E-state index in [1.165, 1.54) is 0 Å². The van der Waals surface area contributed by atoms with Crippen LogP contribution in [0.15, 0.2) is 83.9 Å². The van der Waals surface area contributed by atoms with Gasteiger partial charge in [0.05, 0.1) is 18.8 Å². The van der Waals surface area contributed by atoms with E-state index in [1.807, 2.05) is 66.7 Å². The van der Waals surface area contributed by atoms with E-state index in [2.05, 4.69) is 17.1 Å². The van der Waals surface area contributed by atoms with Gasteiger partial charge in [-0.1, -0.05) is 60.7 Å². The van der Waals surface area contributed by atoms with E-state index >= 15 is 0 Å². The van der Waals surface area contributed by atoms with Crippen molar-refractivity contribution in [1.82, 2.24) is 5.06 Å². The Morgan fingerprint density at radius 2 is 1.50 bits per heavy atom. The van der Waals surface area contributed by atoms with Gasteiger partial charge in [-0.05, 0) is 29.3 Å². The summed E-state index contributed by atoms with van der Waals surface area (Å²) in [5.74, 6) is 0.840. The first-order valence-electron chi connectivity index (χ1n) is 8.64. The van der Waals surface area contributed by atoms with Gasteiger partial charge < -0.3 is 4.74 Å². The third-order valence-electron chi connectivity index (χ3n) is 4.19. The highest BCUT2D eigenvalue weighted by atomic mass is 16.7. The molecule has 0 fully saturated rings. The molecule has 0 spiro atoms. The topological polar surface area (TPSA) is 34.1 Å². The molecule has 0 N–H and O–H groups in total. The van der Waals surface area contributed by atoms with Crippen LogP contribution in [-0.2, 0) is 24.6 Å². The Balaban J connectivity index is 1.38. The molecule has 0 aromatic heterocycles. The minimum absolute atomic E-state index is 0.520. The summed E-state index contributed by atoms with van der Waals surface area (Å²) in [5.41, 5.74) is 4.32. The van der Waals surface area contributed by atoms with E-state index in [9.17, 15) is 0 Å². The molecular formula is C22H20N2O2. The van der Waals surface area contributed by atoms with Crippen LogP contribution in [-0.4, -0.2) is 11.4 Å². The van der Waals surface area contributed by atoms with Crippen LogP contribution in [0.4, 0.5) is 5.69 Å². The van der Waals surface area contributed by atoms with E-state index in [4.69, 9.17) is 9.57 Å². The second-order valence-corrected chi connectivity index (χ2v) is 6.14. The molecule has 4 rings (SSSR count). The molecule has 0 bridgehead atoms. The highest BCUT2D eigenvalue weighted by Crippen LogP contribution is 2.29. The van der Waals surface area contributed by atoms with Crippen LogP contribution in [0.3, 0.4) is 0 Å². The van der Waals surface area contributed by atoms with Gasteiger partial charge >= 0.3 is 0 Å². The highest BCUT2D eigenvalue weighted by molar-refractivity contribution is 5.66. The van der Waals surface area contributed by atoms with Gasteiger partial charge in [-0.25, -0.2) is 10.1 Å². The van der Waals surface area contributed by atoms with Gasteiger partial charge in [-0.3, -0.25) is 4.84 Å². The van der Waals surface area contributed by atoms with Crippen molar-refractivity contribution in [2.24, 2.45) is 4.99 Å². The molecule has 0 amide bonds. The van der Waals surface area contributed by atoms with Crippen molar-refractivity contribution in [3.8, 4) is 5.75 Å². The number of fused-ring (bicyclic) bond motifs is 1. The van der Waals surface area contributed by atoms with Crippen molar-refractivity contribution in [3.63, 3.8) is 0 Å². The summed E-state index contributed by atoms with van der Waals surface area (Å²) in [7, 11) is 0. The number of rotatable bonds is 6. The zero-order valence-electron chi connectivity index (χ0n) is 14.4. The summed E-state index contributed by atoms with van der Waals surface area (Å²) in [6, 6.07) is 26.2. The molecule has 3 aromatic rings. The fourth-order valence-electron chi connectivity index (χ4n) is 2.79. The molecule has 0 saturated carbocycles. The maximum absolute atomic E-state index is 5.91. The lowest BCUT2D eigenvalue weighted by Gasteiger charge is -2.24. The smallest absolute Gasteiger partial charge is 0.120 e. The van der Waals surface area contributed by atoms with Gasteiger partial charge in [0.1, 0.15) is 18.7 Å². The van der Waals surface area contributed by atoms with Gasteiger partial charge in [-0.2, -0.15) is 0 Å². The number of hydroxylamine groups is 2. The van der Waals surface area contributed by atoms with Crippen LogP contribution < -0.4 is 4.74 Å². The van der Waals surface area contributed by atoms with Crippen molar-refractivity contribution in [3.05, 3.63) is 95.6 Å². The van der Waals surface area contributed by atoms with Crippen molar-refractivity contribution in [1.29, 1.82) is 0 Å². The molecule has 4 nitrogen and oxygen atoms in total. The Morgan fingerprint density at radius 1 is 0.808 bits per heavy atom. The molecule has 26 heavy (non-hydrogen) atoms. The Labute approximate surface area is 153 Å². The number of hydrogen-bond acceptors (Lipinski definition) is 4. The summed E-state index contributed by atoms with van der Waals surface area (Å²) in [6.45, 7) is 1.72. The summed E-state index contributed by atoms with van der Waals surface area (Å²) in [4.78, 5) is 10.3. The molecule has 0 unspecified atom stereocenters. The molecule has 4 heteroatoms. The van der Waals surface area contributed by atoms with Gasteiger partial charge in [0.2, 0.25) is 0 Å². The quantitative estimate of drug-likeness (QED) is 0.639. The fraction of sp³-hybridized carbons (Fsp3) is 0.136. The van der Waals surface area contributed by atoms with Crippen molar-refractivity contribution < 1.29 is 9.57 Å². The average molecular weight is 344 g/mol. The maximum atomic E-state index is 5.91. The van der Waals surface area contributed by atoms with Crippen molar-refractivity contribution in [2.75, 3.05) is 0 Å². The lowest BCUT2D eigenvalue weighted by Crippen LogP contribution is -2.24. The van der Waals surface area contributed by atoms with Crippen molar-refractivity contribution >= 4 is 12.0 Å². The maximum Gasteiger partial charge on any atom is 0.120 e.